The fourth-order valence-corrected chi connectivity index (χ4v) is 0.964. The third-order valence-corrected chi connectivity index (χ3v) is 1.74. The predicted molar refractivity (Wildman–Crippen MR) is 37.4 cm³/mol. The van der Waals surface area contributed by atoms with Crippen LogP contribution in [0.2, 0.25) is 0 Å². The second-order valence-electron chi connectivity index (χ2n) is 2.75. The van der Waals surface area contributed by atoms with E-state index in [1.807, 2.05) is 6.07 Å². The van der Waals surface area contributed by atoms with Crippen molar-refractivity contribution >= 4 is 5.91 Å². The van der Waals surface area contributed by atoms with Gasteiger partial charge in [-0.3, -0.25) is 4.79 Å². The first kappa shape index (κ1) is 8.02. The Labute approximate surface area is 65.0 Å². The number of carbonyl (C=O) groups is 1. The van der Waals surface area contributed by atoms with E-state index in [0.29, 0.717) is 13.1 Å². The summed E-state index contributed by atoms with van der Waals surface area (Å²) in [5.41, 5.74) is 0. The quantitative estimate of drug-likeness (QED) is 0.545. The fraction of sp³-hybridized carbons (Fsp3) is 0.714. The van der Waals surface area contributed by atoms with Gasteiger partial charge in [0.15, 0.2) is 0 Å². The van der Waals surface area contributed by atoms with Crippen LogP contribution < -0.4 is 0 Å². The average Bonchev–Trinajstić information content (AvgIpc) is 1.96. The van der Waals surface area contributed by atoms with Crippen molar-refractivity contribution in [3.8, 4) is 6.07 Å². The highest BCUT2D eigenvalue weighted by Crippen LogP contribution is 2.11. The van der Waals surface area contributed by atoms with E-state index in [9.17, 15) is 4.79 Å². The van der Waals surface area contributed by atoms with E-state index in [2.05, 4.69) is 0 Å². The predicted octanol–water partition coefficient (Wildman–Crippen LogP) is -0.651. The van der Waals surface area contributed by atoms with E-state index in [4.69, 9.17) is 10.4 Å². The molecular weight excluding hydrogens is 144 g/mol. The molecule has 0 aliphatic carbocycles. The van der Waals surface area contributed by atoms with E-state index < -0.39 is 5.92 Å². The van der Waals surface area contributed by atoms with Gasteiger partial charge in [-0.05, 0) is 6.92 Å². The van der Waals surface area contributed by atoms with Gasteiger partial charge in [0.2, 0.25) is 5.91 Å². The van der Waals surface area contributed by atoms with Crippen LogP contribution in [-0.2, 0) is 4.79 Å². The first-order valence-electron chi connectivity index (χ1n) is 3.51. The number of amides is 1. The Kier molecular flexibility index (Phi) is 2.11. The molecule has 11 heavy (non-hydrogen) atoms. The molecule has 0 aromatic carbocycles. The van der Waals surface area contributed by atoms with Gasteiger partial charge in [-0.2, -0.15) is 5.26 Å². The molecule has 1 aliphatic rings. The van der Waals surface area contributed by atoms with E-state index in [0.717, 1.165) is 0 Å². The number of rotatable bonds is 1. The highest BCUT2D eigenvalue weighted by molar-refractivity contribution is 5.81. The summed E-state index contributed by atoms with van der Waals surface area (Å²) in [7, 11) is 0. The Morgan fingerprint density at radius 3 is 2.73 bits per heavy atom. The summed E-state index contributed by atoms with van der Waals surface area (Å²) in [6, 6.07) is 1.86. The molecule has 1 fully saturated rings. The zero-order valence-corrected chi connectivity index (χ0v) is 6.32. The van der Waals surface area contributed by atoms with Crippen LogP contribution in [0, 0.1) is 17.2 Å². The SMILES string of the molecule is CC(C#N)C(=O)N1CC(O)C1. The molecule has 0 aromatic heterocycles. The summed E-state index contributed by atoms with van der Waals surface area (Å²) in [4.78, 5) is 12.6. The van der Waals surface area contributed by atoms with Crippen LogP contribution in [0.25, 0.3) is 0 Å². The van der Waals surface area contributed by atoms with Gasteiger partial charge in [0.1, 0.15) is 5.92 Å². The molecule has 1 amide bonds. The Hall–Kier alpha value is -1.08. The number of hydrogen-bond acceptors (Lipinski definition) is 3. The van der Waals surface area contributed by atoms with E-state index in [1.54, 1.807) is 6.92 Å². The van der Waals surface area contributed by atoms with Crippen molar-refractivity contribution in [1.29, 1.82) is 5.26 Å². The third-order valence-electron chi connectivity index (χ3n) is 1.74. The number of aliphatic hydroxyl groups excluding tert-OH is 1. The smallest absolute Gasteiger partial charge is 0.239 e. The topological polar surface area (TPSA) is 64.3 Å². The van der Waals surface area contributed by atoms with Crippen LogP contribution in [0.15, 0.2) is 0 Å². The Morgan fingerprint density at radius 1 is 1.82 bits per heavy atom. The molecule has 0 bridgehead atoms. The van der Waals surface area contributed by atoms with E-state index in [1.165, 1.54) is 4.90 Å². The monoisotopic (exact) mass is 154 g/mol. The normalized spacial score (nSPS) is 20.3. The van der Waals surface area contributed by atoms with Crippen LogP contribution in [0.5, 0.6) is 0 Å². The minimum absolute atomic E-state index is 0.183. The summed E-state index contributed by atoms with van der Waals surface area (Å²) in [5.74, 6) is -0.764. The van der Waals surface area contributed by atoms with Crippen molar-refractivity contribution in [2.45, 2.75) is 13.0 Å². The van der Waals surface area contributed by atoms with Crippen LogP contribution >= 0.6 is 0 Å². The van der Waals surface area contributed by atoms with Gasteiger partial charge in [0.25, 0.3) is 0 Å². The van der Waals surface area contributed by atoms with E-state index >= 15 is 0 Å². The summed E-state index contributed by atoms with van der Waals surface area (Å²) >= 11 is 0. The van der Waals surface area contributed by atoms with Crippen LogP contribution in [0.4, 0.5) is 0 Å². The largest absolute Gasteiger partial charge is 0.389 e. The van der Waals surface area contributed by atoms with E-state index in [-0.39, 0.29) is 12.0 Å². The number of likely N-dealkylation sites (tertiary alicyclic amines) is 1. The third kappa shape index (κ3) is 1.49. The molecule has 1 atom stereocenters. The van der Waals surface area contributed by atoms with Gasteiger partial charge in [-0.15, -0.1) is 0 Å². The lowest BCUT2D eigenvalue weighted by Crippen LogP contribution is -2.54. The standard InChI is InChI=1S/C7H10N2O2/c1-5(2-8)7(11)9-3-6(10)4-9/h5-6,10H,3-4H2,1H3. The summed E-state index contributed by atoms with van der Waals surface area (Å²) in [6.07, 6.45) is -0.384. The van der Waals surface area contributed by atoms with Crippen LogP contribution in [0.3, 0.4) is 0 Å². The highest BCUT2D eigenvalue weighted by atomic mass is 16.3. The molecule has 0 aromatic rings. The summed E-state index contributed by atoms with van der Waals surface area (Å²) in [6.45, 7) is 2.32. The fourth-order valence-electron chi connectivity index (χ4n) is 0.964. The number of nitriles is 1. The Morgan fingerprint density at radius 2 is 2.36 bits per heavy atom. The molecule has 1 N–H and O–H groups in total. The van der Waals surface area contributed by atoms with Gasteiger partial charge in [0, 0.05) is 13.1 Å². The molecule has 1 rings (SSSR count). The second-order valence-corrected chi connectivity index (χ2v) is 2.75. The van der Waals surface area contributed by atoms with Gasteiger partial charge in [-0.1, -0.05) is 0 Å². The minimum Gasteiger partial charge on any atom is -0.389 e. The number of nitrogens with zero attached hydrogens (tertiary/aromatic N) is 2. The lowest BCUT2D eigenvalue weighted by Gasteiger charge is -2.36. The van der Waals surface area contributed by atoms with Crippen molar-refractivity contribution in [2.24, 2.45) is 5.92 Å². The van der Waals surface area contributed by atoms with Crippen molar-refractivity contribution in [3.63, 3.8) is 0 Å². The average molecular weight is 154 g/mol. The van der Waals surface area contributed by atoms with Crippen LogP contribution in [-0.4, -0.2) is 35.1 Å². The Bertz CT molecular complexity index is 203. The molecule has 60 valence electrons. The zero-order chi connectivity index (χ0) is 8.43. The zero-order valence-electron chi connectivity index (χ0n) is 6.32. The van der Waals surface area contributed by atoms with Gasteiger partial charge < -0.3 is 10.0 Å². The van der Waals surface area contributed by atoms with Gasteiger partial charge in [-0.25, -0.2) is 0 Å². The molecule has 0 spiro atoms. The molecule has 0 saturated carbocycles. The molecule has 4 heteroatoms. The molecule has 1 heterocycles. The van der Waals surface area contributed by atoms with Gasteiger partial charge >= 0.3 is 0 Å². The number of hydrogen-bond donors (Lipinski definition) is 1. The lowest BCUT2D eigenvalue weighted by atomic mass is 10.1. The first-order valence-corrected chi connectivity index (χ1v) is 3.51. The Balaban J connectivity index is 2.39. The van der Waals surface area contributed by atoms with Crippen molar-refractivity contribution in [2.75, 3.05) is 13.1 Å². The maximum atomic E-state index is 11.1. The van der Waals surface area contributed by atoms with Crippen molar-refractivity contribution < 1.29 is 9.90 Å². The van der Waals surface area contributed by atoms with Crippen molar-refractivity contribution in [1.82, 2.24) is 4.90 Å². The van der Waals surface area contributed by atoms with Gasteiger partial charge in [0.05, 0.1) is 12.2 Å². The maximum absolute atomic E-state index is 11.1. The maximum Gasteiger partial charge on any atom is 0.239 e. The lowest BCUT2D eigenvalue weighted by molar-refractivity contribution is -0.143. The molecule has 1 aliphatic heterocycles. The number of carbonyl (C=O) groups excluding carboxylic acids is 1. The van der Waals surface area contributed by atoms with Crippen LogP contribution in [0.1, 0.15) is 6.92 Å². The number of β-amino-alcohol motifs (C(OH)–C–C–N with tert-alkyl or cyclic N) is 1. The molecule has 0 radical (unpaired) electrons. The molecular formula is C7H10N2O2. The molecule has 1 saturated heterocycles. The second kappa shape index (κ2) is 2.89. The summed E-state index contributed by atoms with van der Waals surface area (Å²) in [5, 5.41) is 17.2. The molecule has 1 unspecified atom stereocenters. The summed E-state index contributed by atoms with van der Waals surface area (Å²) < 4.78 is 0. The highest BCUT2D eigenvalue weighted by Gasteiger charge is 2.31. The number of aliphatic hydroxyl groups is 1. The minimum atomic E-state index is -0.581. The van der Waals surface area contributed by atoms with Crippen molar-refractivity contribution in [3.05, 3.63) is 0 Å². The first-order chi connectivity index (χ1) is 5.15. The molecule has 4 nitrogen and oxygen atoms in total.